The van der Waals surface area contributed by atoms with Gasteiger partial charge in [-0.3, -0.25) is 4.90 Å². The summed E-state index contributed by atoms with van der Waals surface area (Å²) >= 11 is 0. The Bertz CT molecular complexity index is 1160. The quantitative estimate of drug-likeness (QED) is 0.739. The summed E-state index contributed by atoms with van der Waals surface area (Å²) in [6, 6.07) is 13.9. The summed E-state index contributed by atoms with van der Waals surface area (Å²) < 4.78 is 27.8. The van der Waals surface area contributed by atoms with Crippen LogP contribution in [0.2, 0.25) is 0 Å². The van der Waals surface area contributed by atoms with Crippen LogP contribution < -0.4 is 16.0 Å². The smallest absolute Gasteiger partial charge is 0.321 e. The molecule has 8 nitrogen and oxygen atoms in total. The summed E-state index contributed by atoms with van der Waals surface area (Å²) in [6.07, 6.45) is 0.595. The van der Waals surface area contributed by atoms with E-state index >= 15 is 0 Å². The van der Waals surface area contributed by atoms with Crippen molar-refractivity contribution in [2.75, 3.05) is 24.5 Å². The molecular weight excluding hydrogens is 426 g/mol. The summed E-state index contributed by atoms with van der Waals surface area (Å²) in [5.41, 5.74) is 8.46. The number of fused-ring (bicyclic) bond motifs is 1. The first-order chi connectivity index (χ1) is 15.1. The van der Waals surface area contributed by atoms with Gasteiger partial charge in [-0.25, -0.2) is 22.5 Å². The van der Waals surface area contributed by atoms with E-state index in [-0.39, 0.29) is 34.9 Å². The number of carbonyl (C=O) groups excluding carboxylic acids is 1. The van der Waals surface area contributed by atoms with Crippen LogP contribution in [0.3, 0.4) is 0 Å². The second-order valence-corrected chi connectivity index (χ2v) is 11.2. The number of nitrogens with one attached hydrogen (secondary N) is 1. The molecule has 0 fully saturated rings. The summed E-state index contributed by atoms with van der Waals surface area (Å²) in [5.74, 6) is -0.0115. The van der Waals surface area contributed by atoms with Gasteiger partial charge in [0.2, 0.25) is 5.96 Å². The van der Waals surface area contributed by atoms with Crippen molar-refractivity contribution in [3.05, 3.63) is 59.7 Å². The van der Waals surface area contributed by atoms with Crippen molar-refractivity contribution in [2.24, 2.45) is 16.1 Å². The Morgan fingerprint density at radius 2 is 1.91 bits per heavy atom. The summed E-state index contributed by atoms with van der Waals surface area (Å²) in [4.78, 5) is 18.8. The van der Waals surface area contributed by atoms with Crippen LogP contribution in [0.15, 0.2) is 58.4 Å². The molecule has 2 aliphatic heterocycles. The normalized spacial score (nSPS) is 18.5. The summed E-state index contributed by atoms with van der Waals surface area (Å²) in [5, 5.41) is 2.95. The number of aliphatic imine (C=N–C) groups is 1. The number of amides is 2. The number of rotatable bonds is 4. The van der Waals surface area contributed by atoms with Crippen molar-refractivity contribution in [2.45, 2.75) is 38.1 Å². The van der Waals surface area contributed by atoms with Gasteiger partial charge < -0.3 is 11.1 Å². The maximum Gasteiger partial charge on any atom is 0.321 e. The van der Waals surface area contributed by atoms with Crippen molar-refractivity contribution < 1.29 is 13.2 Å². The molecule has 1 atom stereocenters. The Labute approximate surface area is 189 Å². The highest BCUT2D eigenvalue weighted by Gasteiger charge is 2.35. The molecule has 0 saturated carbocycles. The molecule has 32 heavy (non-hydrogen) atoms. The molecule has 0 aromatic heterocycles. The molecule has 9 heteroatoms. The predicted molar refractivity (Wildman–Crippen MR) is 125 cm³/mol. The molecule has 0 saturated heterocycles. The Kier molecular flexibility index (Phi) is 5.62. The summed E-state index contributed by atoms with van der Waals surface area (Å²) in [6.45, 7) is 7.39. The average Bonchev–Trinajstić information content (AvgIpc) is 3.35. The zero-order valence-corrected chi connectivity index (χ0v) is 19.4. The molecule has 0 bridgehead atoms. The zero-order chi connectivity index (χ0) is 23.1. The fraction of sp³-hybridized carbons (Fsp3) is 0.391. The average molecular weight is 456 g/mol. The highest BCUT2D eigenvalue weighted by molar-refractivity contribution is 7.89. The topological polar surface area (TPSA) is 108 Å². The maximum atomic E-state index is 13.3. The monoisotopic (exact) mass is 455 g/mol. The van der Waals surface area contributed by atoms with E-state index < -0.39 is 10.0 Å². The van der Waals surface area contributed by atoms with Crippen LogP contribution in [0, 0.1) is 5.41 Å². The van der Waals surface area contributed by atoms with Gasteiger partial charge in [-0.2, -0.15) is 0 Å². The van der Waals surface area contributed by atoms with Gasteiger partial charge in [0.15, 0.2) is 0 Å². The number of anilines is 1. The number of benzene rings is 2. The molecule has 0 aliphatic carbocycles. The Hall–Kier alpha value is -3.07. The Balaban J connectivity index is 1.53. The fourth-order valence-electron chi connectivity index (χ4n) is 3.90. The highest BCUT2D eigenvalue weighted by atomic mass is 32.2. The highest BCUT2D eigenvalue weighted by Crippen LogP contribution is 2.33. The van der Waals surface area contributed by atoms with E-state index in [2.05, 4.69) is 31.1 Å². The molecule has 3 N–H and O–H groups in total. The second-order valence-electron chi connectivity index (χ2n) is 9.36. The maximum absolute atomic E-state index is 13.3. The first-order valence-corrected chi connectivity index (χ1v) is 12.1. The first kappa shape index (κ1) is 22.1. The number of hydrogen-bond donors (Lipinski definition) is 2. The summed E-state index contributed by atoms with van der Waals surface area (Å²) in [7, 11) is -3.86. The van der Waals surface area contributed by atoms with Crippen molar-refractivity contribution >= 4 is 27.7 Å². The number of guanidine groups is 1. The largest absolute Gasteiger partial charge is 0.369 e. The van der Waals surface area contributed by atoms with Crippen molar-refractivity contribution in [1.82, 2.24) is 9.62 Å². The van der Waals surface area contributed by atoms with E-state index in [0.29, 0.717) is 19.5 Å². The van der Waals surface area contributed by atoms with Gasteiger partial charge in [-0.05, 0) is 41.2 Å². The second kappa shape index (κ2) is 8.12. The number of urea groups is 1. The zero-order valence-electron chi connectivity index (χ0n) is 18.6. The van der Waals surface area contributed by atoms with Crippen LogP contribution in [0.5, 0.6) is 0 Å². The van der Waals surface area contributed by atoms with Gasteiger partial charge in [-0.15, -0.1) is 0 Å². The molecule has 0 spiro atoms. The minimum atomic E-state index is -3.86. The standard InChI is InChI=1S/C23H29N5O3S/c1-23(2,3)15-25-22(29)27-12-11-17-13-18(9-10-20(17)27)32(30,31)28-14-19(26-21(28)24)16-7-5-4-6-8-16/h4-10,13,19H,11-12,14-15H2,1-3H3,(H2,24,26)(H,25,29). The molecular formula is C23H29N5O3S. The molecule has 2 amide bonds. The van der Waals surface area contributed by atoms with Crippen LogP contribution in [0.4, 0.5) is 10.5 Å². The molecule has 2 aromatic rings. The molecule has 2 aromatic carbocycles. The molecule has 170 valence electrons. The molecule has 2 aliphatic rings. The molecule has 4 rings (SSSR count). The Morgan fingerprint density at radius 1 is 1.19 bits per heavy atom. The van der Waals surface area contributed by atoms with Gasteiger partial charge in [0.25, 0.3) is 10.0 Å². The van der Waals surface area contributed by atoms with Crippen molar-refractivity contribution in [1.29, 1.82) is 0 Å². The number of carbonyl (C=O) groups is 1. The van der Waals surface area contributed by atoms with Crippen molar-refractivity contribution in [3.63, 3.8) is 0 Å². The van der Waals surface area contributed by atoms with Gasteiger partial charge in [0.05, 0.1) is 17.5 Å². The van der Waals surface area contributed by atoms with Crippen LogP contribution in [0.1, 0.15) is 37.9 Å². The third kappa shape index (κ3) is 4.29. The minimum Gasteiger partial charge on any atom is -0.369 e. The SMILES string of the molecule is CC(C)(C)CNC(=O)N1CCc2cc(S(=O)(=O)N3CC(c4ccccc4)N=C3N)ccc21. The lowest BCUT2D eigenvalue weighted by Crippen LogP contribution is -2.42. The lowest BCUT2D eigenvalue weighted by atomic mass is 9.97. The lowest BCUT2D eigenvalue weighted by molar-refractivity contribution is 0.241. The number of nitrogens with two attached hydrogens (primary N) is 1. The Morgan fingerprint density at radius 3 is 2.59 bits per heavy atom. The van der Waals surface area contributed by atoms with E-state index in [1.54, 1.807) is 17.0 Å². The fourth-order valence-corrected chi connectivity index (χ4v) is 5.32. The molecule has 1 unspecified atom stereocenters. The van der Waals surface area contributed by atoms with Gasteiger partial charge in [-0.1, -0.05) is 51.1 Å². The van der Waals surface area contributed by atoms with Crippen molar-refractivity contribution in [3.8, 4) is 0 Å². The van der Waals surface area contributed by atoms with E-state index in [0.717, 1.165) is 21.1 Å². The van der Waals surface area contributed by atoms with E-state index in [1.165, 1.54) is 6.07 Å². The minimum absolute atomic E-state index is 0.0115. The van der Waals surface area contributed by atoms with E-state index in [4.69, 9.17) is 5.73 Å². The van der Waals surface area contributed by atoms with E-state index in [1.807, 2.05) is 30.3 Å². The molecule has 0 radical (unpaired) electrons. The number of nitrogens with zero attached hydrogens (tertiary/aromatic N) is 3. The number of sulfonamides is 1. The lowest BCUT2D eigenvalue weighted by Gasteiger charge is -2.23. The van der Waals surface area contributed by atoms with Gasteiger partial charge >= 0.3 is 6.03 Å². The third-order valence-electron chi connectivity index (χ3n) is 5.62. The van der Waals surface area contributed by atoms with Gasteiger partial charge in [0.1, 0.15) is 0 Å². The van der Waals surface area contributed by atoms with E-state index in [9.17, 15) is 13.2 Å². The van der Waals surface area contributed by atoms with Crippen LogP contribution in [-0.4, -0.2) is 44.3 Å². The first-order valence-electron chi connectivity index (χ1n) is 10.7. The third-order valence-corrected chi connectivity index (χ3v) is 7.38. The molecule has 2 heterocycles. The van der Waals surface area contributed by atoms with Crippen LogP contribution >= 0.6 is 0 Å². The number of hydrogen-bond acceptors (Lipinski definition) is 5. The predicted octanol–water partition coefficient (Wildman–Crippen LogP) is 2.87. The van der Waals surface area contributed by atoms with Crippen LogP contribution in [-0.2, 0) is 16.4 Å². The van der Waals surface area contributed by atoms with Gasteiger partial charge in [0, 0.05) is 18.8 Å². The van der Waals surface area contributed by atoms with Crippen LogP contribution in [0.25, 0.3) is 0 Å².